The van der Waals surface area contributed by atoms with Gasteiger partial charge in [0, 0.05) is 49.7 Å². The summed E-state index contributed by atoms with van der Waals surface area (Å²) in [5.41, 5.74) is 2.65. The normalized spacial score (nSPS) is 14.7. The van der Waals surface area contributed by atoms with Crippen molar-refractivity contribution in [3.05, 3.63) is 65.5 Å². The number of carbonyl (C=O) groups is 2. The van der Waals surface area contributed by atoms with Gasteiger partial charge in [0.2, 0.25) is 0 Å². The van der Waals surface area contributed by atoms with Crippen LogP contribution in [-0.2, 0) is 6.42 Å². The third kappa shape index (κ3) is 4.94. The van der Waals surface area contributed by atoms with E-state index in [1.165, 1.54) is 18.4 Å². The molecule has 27 heavy (non-hydrogen) atoms. The van der Waals surface area contributed by atoms with E-state index < -0.39 is 0 Å². The highest BCUT2D eigenvalue weighted by Gasteiger charge is 2.23. The third-order valence-electron chi connectivity index (χ3n) is 5.02. The number of hydrogen-bond donors (Lipinski definition) is 0. The lowest BCUT2D eigenvalue weighted by atomic mass is 10.1. The van der Waals surface area contributed by atoms with Crippen molar-refractivity contribution in [3.63, 3.8) is 0 Å². The summed E-state index contributed by atoms with van der Waals surface area (Å²) >= 11 is 0. The van der Waals surface area contributed by atoms with E-state index >= 15 is 0 Å². The minimum Gasteiger partial charge on any atom is -0.337 e. The zero-order valence-electron chi connectivity index (χ0n) is 15.9. The number of benzene rings is 1. The van der Waals surface area contributed by atoms with E-state index in [2.05, 4.69) is 24.0 Å². The molecule has 0 saturated carbocycles. The third-order valence-corrected chi connectivity index (χ3v) is 5.02. The summed E-state index contributed by atoms with van der Waals surface area (Å²) in [7, 11) is 0. The molecule has 0 atom stereocenters. The van der Waals surface area contributed by atoms with Gasteiger partial charge in [0.1, 0.15) is 0 Å². The lowest BCUT2D eigenvalue weighted by Crippen LogP contribution is -2.37. The second-order valence-electron chi connectivity index (χ2n) is 6.97. The van der Waals surface area contributed by atoms with Crippen LogP contribution in [0.25, 0.3) is 0 Å². The molecule has 0 N–H and O–H groups in total. The molecule has 0 aliphatic carbocycles. The van der Waals surface area contributed by atoms with Gasteiger partial charge in [-0.1, -0.05) is 25.5 Å². The fourth-order valence-electron chi connectivity index (χ4n) is 3.38. The molecule has 1 aliphatic rings. The van der Waals surface area contributed by atoms with E-state index in [9.17, 15) is 9.59 Å². The number of carbonyl (C=O) groups excluding carboxylic acids is 2. The van der Waals surface area contributed by atoms with Gasteiger partial charge in [-0.2, -0.15) is 0 Å². The summed E-state index contributed by atoms with van der Waals surface area (Å²) in [5.74, 6) is 0.0576. The summed E-state index contributed by atoms with van der Waals surface area (Å²) in [5, 5.41) is 0. The number of nitrogens with zero attached hydrogens (tertiary/aromatic N) is 3. The number of aryl methyl sites for hydroxylation is 1. The number of hydrogen-bond acceptors (Lipinski definition) is 3. The molecule has 142 valence electrons. The molecule has 1 aliphatic heterocycles. The van der Waals surface area contributed by atoms with E-state index in [0.29, 0.717) is 31.7 Å². The molecule has 3 rings (SSSR count). The topological polar surface area (TPSA) is 53.5 Å². The lowest BCUT2D eigenvalue weighted by Gasteiger charge is -2.22. The van der Waals surface area contributed by atoms with Gasteiger partial charge in [0.25, 0.3) is 11.8 Å². The average Bonchev–Trinajstić information content (AvgIpc) is 2.98. The molecule has 1 aromatic heterocycles. The molecule has 1 fully saturated rings. The van der Waals surface area contributed by atoms with Crippen LogP contribution >= 0.6 is 0 Å². The minimum atomic E-state index is 0.00646. The Morgan fingerprint density at radius 1 is 0.852 bits per heavy atom. The van der Waals surface area contributed by atoms with Gasteiger partial charge in [0.05, 0.1) is 0 Å². The van der Waals surface area contributed by atoms with Crippen molar-refractivity contribution in [1.29, 1.82) is 0 Å². The molecular weight excluding hydrogens is 338 g/mol. The largest absolute Gasteiger partial charge is 0.337 e. The molecule has 0 unspecified atom stereocenters. The van der Waals surface area contributed by atoms with Gasteiger partial charge in [-0.15, -0.1) is 0 Å². The van der Waals surface area contributed by atoms with E-state index in [4.69, 9.17) is 0 Å². The first-order valence-electron chi connectivity index (χ1n) is 9.76. The fourth-order valence-corrected chi connectivity index (χ4v) is 3.38. The van der Waals surface area contributed by atoms with Crippen molar-refractivity contribution in [2.24, 2.45) is 0 Å². The monoisotopic (exact) mass is 365 g/mol. The van der Waals surface area contributed by atoms with Crippen molar-refractivity contribution in [1.82, 2.24) is 14.8 Å². The number of aromatic nitrogens is 1. The van der Waals surface area contributed by atoms with Crippen LogP contribution in [0.1, 0.15) is 52.5 Å². The van der Waals surface area contributed by atoms with Crippen LogP contribution < -0.4 is 0 Å². The highest BCUT2D eigenvalue weighted by atomic mass is 16.2. The van der Waals surface area contributed by atoms with Gasteiger partial charge in [0.15, 0.2) is 0 Å². The number of rotatable bonds is 5. The first kappa shape index (κ1) is 19.1. The fraction of sp³-hybridized carbons (Fsp3) is 0.409. The van der Waals surface area contributed by atoms with Gasteiger partial charge in [-0.3, -0.25) is 14.6 Å². The number of amides is 2. The summed E-state index contributed by atoms with van der Waals surface area (Å²) in [6.07, 6.45) is 7.44. The summed E-state index contributed by atoms with van der Waals surface area (Å²) in [6, 6.07) is 11.4. The van der Waals surface area contributed by atoms with Crippen molar-refractivity contribution in [2.45, 2.75) is 32.6 Å². The van der Waals surface area contributed by atoms with Gasteiger partial charge in [-0.05, 0) is 49.1 Å². The second-order valence-corrected chi connectivity index (χ2v) is 6.97. The summed E-state index contributed by atoms with van der Waals surface area (Å²) in [6.45, 7) is 4.64. The van der Waals surface area contributed by atoms with Crippen LogP contribution in [0.2, 0.25) is 0 Å². The highest BCUT2D eigenvalue weighted by molar-refractivity contribution is 5.95. The molecule has 2 heterocycles. The Labute approximate surface area is 161 Å². The smallest absolute Gasteiger partial charge is 0.254 e. The maximum atomic E-state index is 12.8. The maximum Gasteiger partial charge on any atom is 0.254 e. The molecule has 5 nitrogen and oxygen atoms in total. The Bertz CT molecular complexity index is 759. The molecule has 2 aromatic rings. The average molecular weight is 365 g/mol. The second kappa shape index (κ2) is 9.31. The van der Waals surface area contributed by atoms with Crippen LogP contribution in [-0.4, -0.2) is 52.8 Å². The van der Waals surface area contributed by atoms with Gasteiger partial charge in [-0.25, -0.2) is 0 Å². The summed E-state index contributed by atoms with van der Waals surface area (Å²) in [4.78, 5) is 33.1. The van der Waals surface area contributed by atoms with E-state index in [1.807, 2.05) is 21.9 Å². The van der Waals surface area contributed by atoms with Crippen LogP contribution in [0.15, 0.2) is 48.8 Å². The molecule has 0 spiro atoms. The molecule has 2 amide bonds. The number of pyridine rings is 1. The van der Waals surface area contributed by atoms with Crippen LogP contribution in [0, 0.1) is 0 Å². The van der Waals surface area contributed by atoms with Gasteiger partial charge >= 0.3 is 0 Å². The Morgan fingerprint density at radius 3 is 1.96 bits per heavy atom. The van der Waals surface area contributed by atoms with E-state index in [-0.39, 0.29) is 11.8 Å². The van der Waals surface area contributed by atoms with Crippen LogP contribution in [0.5, 0.6) is 0 Å². The Hall–Kier alpha value is -2.69. The van der Waals surface area contributed by atoms with E-state index in [1.54, 1.807) is 24.5 Å². The highest BCUT2D eigenvalue weighted by Crippen LogP contribution is 2.14. The molecule has 1 saturated heterocycles. The molecule has 1 aromatic carbocycles. The predicted octanol–water partition coefficient (Wildman–Crippen LogP) is 3.41. The van der Waals surface area contributed by atoms with Crippen molar-refractivity contribution in [2.75, 3.05) is 26.2 Å². The summed E-state index contributed by atoms with van der Waals surface area (Å²) < 4.78 is 0. The minimum absolute atomic E-state index is 0.00646. The van der Waals surface area contributed by atoms with Crippen molar-refractivity contribution >= 4 is 11.8 Å². The lowest BCUT2D eigenvalue weighted by molar-refractivity contribution is 0.0718. The first-order chi connectivity index (χ1) is 13.2. The zero-order chi connectivity index (χ0) is 19.1. The van der Waals surface area contributed by atoms with Crippen LogP contribution in [0.4, 0.5) is 0 Å². The SMILES string of the molecule is CCCCc1ccc(C(=O)N2CCCN(C(=O)c3ccncc3)CC2)cc1. The quantitative estimate of drug-likeness (QED) is 0.816. The Morgan fingerprint density at radius 2 is 1.41 bits per heavy atom. The molecule has 0 bridgehead atoms. The van der Waals surface area contributed by atoms with E-state index in [0.717, 1.165) is 18.4 Å². The van der Waals surface area contributed by atoms with Crippen molar-refractivity contribution < 1.29 is 9.59 Å². The van der Waals surface area contributed by atoms with Crippen LogP contribution in [0.3, 0.4) is 0 Å². The van der Waals surface area contributed by atoms with Gasteiger partial charge < -0.3 is 9.80 Å². The zero-order valence-corrected chi connectivity index (χ0v) is 15.9. The number of unbranched alkanes of at least 4 members (excludes halogenated alkanes) is 1. The first-order valence-corrected chi connectivity index (χ1v) is 9.76. The molecule has 5 heteroatoms. The molecule has 0 radical (unpaired) electrons. The Kier molecular flexibility index (Phi) is 6.58. The van der Waals surface area contributed by atoms with Crippen molar-refractivity contribution in [3.8, 4) is 0 Å². The molecular formula is C22H27N3O2. The standard InChI is InChI=1S/C22H27N3O2/c1-2-3-5-18-6-8-19(9-7-18)21(26)24-14-4-15-25(17-16-24)22(27)20-10-12-23-13-11-20/h6-13H,2-5,14-17H2,1H3. The Balaban J connectivity index is 1.60. The maximum absolute atomic E-state index is 12.8. The predicted molar refractivity (Wildman–Crippen MR) is 106 cm³/mol.